The maximum absolute atomic E-state index is 12.2. The van der Waals surface area contributed by atoms with Crippen LogP contribution < -0.4 is 16.0 Å². The van der Waals surface area contributed by atoms with E-state index in [0.717, 1.165) is 32.5 Å². The molecular weight excluding hydrogens is 266 g/mol. The third-order valence-corrected chi connectivity index (χ3v) is 3.95. The van der Waals surface area contributed by atoms with Crippen molar-refractivity contribution in [1.82, 2.24) is 9.47 Å². The number of aromatic nitrogens is 1. The molecule has 118 valence electrons. The lowest BCUT2D eigenvalue weighted by molar-refractivity contribution is 0.182. The fourth-order valence-electron chi connectivity index (χ4n) is 2.69. The van der Waals surface area contributed by atoms with Crippen LogP contribution in [0.1, 0.15) is 32.1 Å². The van der Waals surface area contributed by atoms with E-state index in [4.69, 9.17) is 10.5 Å². The van der Waals surface area contributed by atoms with E-state index >= 15 is 0 Å². The van der Waals surface area contributed by atoms with Crippen LogP contribution in [-0.4, -0.2) is 42.3 Å². The summed E-state index contributed by atoms with van der Waals surface area (Å²) in [5.41, 5.74) is 5.45. The van der Waals surface area contributed by atoms with Crippen molar-refractivity contribution in [2.24, 2.45) is 5.73 Å². The van der Waals surface area contributed by atoms with Crippen molar-refractivity contribution < 1.29 is 4.74 Å². The quantitative estimate of drug-likeness (QED) is 0.737. The Morgan fingerprint density at radius 1 is 1.14 bits per heavy atom. The Morgan fingerprint density at radius 3 is 2.71 bits per heavy atom. The van der Waals surface area contributed by atoms with Crippen LogP contribution in [0.15, 0.2) is 23.1 Å². The summed E-state index contributed by atoms with van der Waals surface area (Å²) in [6.45, 7) is 5.17. The number of likely N-dealkylation sites (tertiary alicyclic amines) is 1. The standard InChI is InChI=1S/C16H27N3O2/c17-8-2-5-11-19-12-6-7-15(16(19)20)21-14-13-18-9-3-1-4-10-18/h6-7,12H,1-5,8-11,13-14,17H2. The minimum absolute atomic E-state index is 0.0341. The zero-order valence-electron chi connectivity index (χ0n) is 12.8. The minimum atomic E-state index is -0.0341. The van der Waals surface area contributed by atoms with E-state index in [1.807, 2.05) is 12.3 Å². The molecule has 5 nitrogen and oxygen atoms in total. The Hall–Kier alpha value is -1.33. The van der Waals surface area contributed by atoms with Crippen molar-refractivity contribution in [3.8, 4) is 5.75 Å². The molecule has 0 spiro atoms. The first kappa shape index (κ1) is 16.0. The predicted molar refractivity (Wildman–Crippen MR) is 84.8 cm³/mol. The number of unbranched alkanes of at least 4 members (excludes halogenated alkanes) is 1. The fraction of sp³-hybridized carbons (Fsp3) is 0.688. The molecule has 0 saturated carbocycles. The molecule has 0 bridgehead atoms. The highest BCUT2D eigenvalue weighted by molar-refractivity contribution is 5.17. The number of nitrogens with zero attached hydrogens (tertiary/aromatic N) is 2. The highest BCUT2D eigenvalue weighted by atomic mass is 16.5. The van der Waals surface area contributed by atoms with Crippen molar-refractivity contribution in [2.75, 3.05) is 32.8 Å². The Kier molecular flexibility index (Phi) is 6.76. The van der Waals surface area contributed by atoms with E-state index in [0.29, 0.717) is 25.4 Å². The smallest absolute Gasteiger partial charge is 0.292 e. The third-order valence-electron chi connectivity index (χ3n) is 3.95. The van der Waals surface area contributed by atoms with Crippen LogP contribution in [0, 0.1) is 0 Å². The van der Waals surface area contributed by atoms with E-state index in [9.17, 15) is 4.79 Å². The lowest BCUT2D eigenvalue weighted by atomic mass is 10.1. The lowest BCUT2D eigenvalue weighted by Gasteiger charge is -2.26. The number of hydrogen-bond donors (Lipinski definition) is 1. The van der Waals surface area contributed by atoms with Crippen LogP contribution in [0.25, 0.3) is 0 Å². The van der Waals surface area contributed by atoms with Gasteiger partial charge in [0.2, 0.25) is 0 Å². The minimum Gasteiger partial charge on any atom is -0.487 e. The summed E-state index contributed by atoms with van der Waals surface area (Å²) in [5.74, 6) is 0.460. The lowest BCUT2D eigenvalue weighted by Crippen LogP contribution is -2.34. The topological polar surface area (TPSA) is 60.5 Å². The molecule has 1 aromatic heterocycles. The molecule has 21 heavy (non-hydrogen) atoms. The number of ether oxygens (including phenoxy) is 1. The first-order valence-electron chi connectivity index (χ1n) is 8.06. The van der Waals surface area contributed by atoms with Crippen molar-refractivity contribution >= 4 is 0 Å². The summed E-state index contributed by atoms with van der Waals surface area (Å²) in [6, 6.07) is 3.64. The molecular formula is C16H27N3O2. The molecule has 0 aromatic carbocycles. The molecule has 1 aliphatic heterocycles. The molecule has 0 atom stereocenters. The third kappa shape index (κ3) is 5.17. The second-order valence-corrected chi connectivity index (χ2v) is 5.62. The number of rotatable bonds is 8. The van der Waals surface area contributed by atoms with Crippen LogP contribution in [0.3, 0.4) is 0 Å². The van der Waals surface area contributed by atoms with Gasteiger partial charge in [-0.1, -0.05) is 6.42 Å². The summed E-state index contributed by atoms with van der Waals surface area (Å²) in [7, 11) is 0. The van der Waals surface area contributed by atoms with Crippen molar-refractivity contribution in [3.63, 3.8) is 0 Å². The maximum Gasteiger partial charge on any atom is 0.292 e. The molecule has 0 amide bonds. The van der Waals surface area contributed by atoms with E-state index in [2.05, 4.69) is 4.90 Å². The number of pyridine rings is 1. The summed E-state index contributed by atoms with van der Waals surface area (Å²) >= 11 is 0. The van der Waals surface area contributed by atoms with Gasteiger partial charge in [0.25, 0.3) is 5.56 Å². The fourth-order valence-corrected chi connectivity index (χ4v) is 2.69. The first-order valence-corrected chi connectivity index (χ1v) is 8.06. The van der Waals surface area contributed by atoms with E-state index in [-0.39, 0.29) is 5.56 Å². The van der Waals surface area contributed by atoms with Gasteiger partial charge in [-0.15, -0.1) is 0 Å². The van der Waals surface area contributed by atoms with Crippen LogP contribution in [0.2, 0.25) is 0 Å². The molecule has 1 fully saturated rings. The summed E-state index contributed by atoms with van der Waals surface area (Å²) in [4.78, 5) is 14.6. The zero-order chi connectivity index (χ0) is 14.9. The molecule has 1 saturated heterocycles. The Balaban J connectivity index is 1.82. The molecule has 2 heterocycles. The highest BCUT2D eigenvalue weighted by Crippen LogP contribution is 2.08. The Labute approximate surface area is 126 Å². The van der Waals surface area contributed by atoms with Gasteiger partial charge in [-0.25, -0.2) is 0 Å². The monoisotopic (exact) mass is 293 g/mol. The second kappa shape index (κ2) is 8.85. The molecule has 0 radical (unpaired) electrons. The molecule has 2 N–H and O–H groups in total. The van der Waals surface area contributed by atoms with Gasteiger partial charge in [0, 0.05) is 19.3 Å². The maximum atomic E-state index is 12.2. The summed E-state index contributed by atoms with van der Waals surface area (Å²) in [5, 5.41) is 0. The molecule has 1 aliphatic rings. The highest BCUT2D eigenvalue weighted by Gasteiger charge is 2.10. The van der Waals surface area contributed by atoms with E-state index in [1.54, 1.807) is 10.6 Å². The average Bonchev–Trinajstić information content (AvgIpc) is 2.52. The predicted octanol–water partition coefficient (Wildman–Crippen LogP) is 1.45. The largest absolute Gasteiger partial charge is 0.487 e. The van der Waals surface area contributed by atoms with Gasteiger partial charge in [-0.3, -0.25) is 9.69 Å². The van der Waals surface area contributed by atoms with Gasteiger partial charge in [0.1, 0.15) is 6.61 Å². The molecule has 0 aliphatic carbocycles. The normalized spacial score (nSPS) is 16.0. The molecule has 1 aromatic rings. The van der Waals surface area contributed by atoms with Crippen molar-refractivity contribution in [2.45, 2.75) is 38.6 Å². The van der Waals surface area contributed by atoms with Crippen LogP contribution in [0.5, 0.6) is 5.75 Å². The van der Waals surface area contributed by atoms with Crippen LogP contribution in [0.4, 0.5) is 0 Å². The van der Waals surface area contributed by atoms with Gasteiger partial charge in [0.15, 0.2) is 5.75 Å². The number of nitrogens with two attached hydrogens (primary N) is 1. The van der Waals surface area contributed by atoms with Crippen molar-refractivity contribution in [3.05, 3.63) is 28.7 Å². The molecule has 0 unspecified atom stereocenters. The molecule has 2 rings (SSSR count). The van der Waals surface area contributed by atoms with Gasteiger partial charge in [-0.2, -0.15) is 0 Å². The number of hydrogen-bond acceptors (Lipinski definition) is 4. The zero-order valence-corrected chi connectivity index (χ0v) is 12.8. The Morgan fingerprint density at radius 2 is 1.95 bits per heavy atom. The second-order valence-electron chi connectivity index (χ2n) is 5.62. The number of piperidine rings is 1. The summed E-state index contributed by atoms with van der Waals surface area (Å²) < 4.78 is 7.40. The van der Waals surface area contributed by atoms with Gasteiger partial charge in [-0.05, 0) is 57.5 Å². The Bertz CT molecular complexity index is 467. The van der Waals surface area contributed by atoms with Crippen LogP contribution >= 0.6 is 0 Å². The van der Waals surface area contributed by atoms with E-state index < -0.39 is 0 Å². The first-order chi connectivity index (χ1) is 10.3. The van der Waals surface area contributed by atoms with E-state index in [1.165, 1.54) is 19.3 Å². The average molecular weight is 293 g/mol. The van der Waals surface area contributed by atoms with Crippen LogP contribution in [-0.2, 0) is 6.54 Å². The van der Waals surface area contributed by atoms with Crippen molar-refractivity contribution in [1.29, 1.82) is 0 Å². The summed E-state index contributed by atoms with van der Waals surface area (Å²) in [6.07, 6.45) is 7.57. The molecule has 5 heteroatoms. The van der Waals surface area contributed by atoms with Gasteiger partial charge >= 0.3 is 0 Å². The number of aryl methyl sites for hydroxylation is 1. The van der Waals surface area contributed by atoms with Gasteiger partial charge in [0.05, 0.1) is 0 Å². The SMILES string of the molecule is NCCCCn1cccc(OCCN2CCCCC2)c1=O. The van der Waals surface area contributed by atoms with Gasteiger partial charge < -0.3 is 15.0 Å².